The van der Waals surface area contributed by atoms with Gasteiger partial charge in [0.2, 0.25) is 5.88 Å². The number of hydrogen-bond acceptors (Lipinski definition) is 6. The van der Waals surface area contributed by atoms with E-state index >= 15 is 0 Å². The number of hydrogen-bond donors (Lipinski definition) is 0. The summed E-state index contributed by atoms with van der Waals surface area (Å²) in [5.74, 6) is 1.63. The van der Waals surface area contributed by atoms with Crippen molar-refractivity contribution in [3.8, 4) is 22.8 Å². The van der Waals surface area contributed by atoms with Crippen molar-refractivity contribution in [3.05, 3.63) is 84.9 Å². The molecular formula is C25H25ClN4O2S. The predicted octanol–water partition coefficient (Wildman–Crippen LogP) is 6.03. The van der Waals surface area contributed by atoms with Crippen molar-refractivity contribution < 1.29 is 4.74 Å². The number of benzene rings is 1. The molecule has 0 aliphatic rings. The van der Waals surface area contributed by atoms with E-state index < -0.39 is 0 Å². The van der Waals surface area contributed by atoms with Gasteiger partial charge in [-0.1, -0.05) is 37.6 Å². The lowest BCUT2D eigenvalue weighted by molar-refractivity contribution is 0.292. The van der Waals surface area contributed by atoms with Crippen molar-refractivity contribution >= 4 is 22.9 Å². The summed E-state index contributed by atoms with van der Waals surface area (Å²) >= 11 is 8.06. The highest BCUT2D eigenvalue weighted by atomic mass is 35.5. The number of thiophene rings is 1. The van der Waals surface area contributed by atoms with Gasteiger partial charge in [-0.25, -0.2) is 9.97 Å². The molecule has 170 valence electrons. The quantitative estimate of drug-likeness (QED) is 0.337. The van der Waals surface area contributed by atoms with E-state index in [-0.39, 0.29) is 22.4 Å². The molecule has 33 heavy (non-hydrogen) atoms. The Bertz CT molecular complexity index is 1380. The van der Waals surface area contributed by atoms with Crippen molar-refractivity contribution in [1.82, 2.24) is 19.5 Å². The van der Waals surface area contributed by atoms with Gasteiger partial charge in [-0.2, -0.15) is 4.98 Å². The Morgan fingerprint density at radius 3 is 2.61 bits per heavy atom. The lowest BCUT2D eigenvalue weighted by atomic mass is 10.1. The van der Waals surface area contributed by atoms with E-state index in [1.807, 2.05) is 49.6 Å². The number of nitrogens with zero attached hydrogens (tertiary/aromatic N) is 4. The molecular weight excluding hydrogens is 456 g/mol. The largest absolute Gasteiger partial charge is 0.472 e. The zero-order valence-corrected chi connectivity index (χ0v) is 20.8. The average molecular weight is 481 g/mol. The van der Waals surface area contributed by atoms with Gasteiger partial charge in [-0.15, -0.1) is 11.3 Å². The van der Waals surface area contributed by atoms with E-state index in [1.54, 1.807) is 24.5 Å². The SMILES string of the molecule is Cc1cc(COc2nc(C)n(-c3cc(-c4ccnc(C(C)C)n4)ccc3C)c(=O)c2Cl)cs1. The van der Waals surface area contributed by atoms with Gasteiger partial charge in [0.05, 0.1) is 11.4 Å². The second-order valence-corrected chi connectivity index (χ2v) is 9.72. The van der Waals surface area contributed by atoms with E-state index in [0.29, 0.717) is 18.1 Å². The van der Waals surface area contributed by atoms with E-state index in [1.165, 1.54) is 9.44 Å². The van der Waals surface area contributed by atoms with Gasteiger partial charge in [-0.05, 0) is 49.9 Å². The molecule has 0 saturated carbocycles. The maximum atomic E-state index is 13.3. The van der Waals surface area contributed by atoms with Crippen LogP contribution in [0, 0.1) is 20.8 Å². The fourth-order valence-corrected chi connectivity index (χ4v) is 4.38. The summed E-state index contributed by atoms with van der Waals surface area (Å²) in [6, 6.07) is 9.79. The molecule has 6 nitrogen and oxygen atoms in total. The second-order valence-electron chi connectivity index (χ2n) is 8.23. The second kappa shape index (κ2) is 9.45. The van der Waals surface area contributed by atoms with Crippen molar-refractivity contribution in [2.75, 3.05) is 0 Å². The molecule has 3 heterocycles. The molecule has 0 spiro atoms. The normalized spacial score (nSPS) is 11.2. The van der Waals surface area contributed by atoms with Crippen LogP contribution in [0.1, 0.15) is 47.4 Å². The van der Waals surface area contributed by atoms with E-state index in [0.717, 1.165) is 28.2 Å². The summed E-state index contributed by atoms with van der Waals surface area (Å²) in [5.41, 5.74) is 3.95. The van der Waals surface area contributed by atoms with Crippen LogP contribution in [-0.2, 0) is 6.61 Å². The van der Waals surface area contributed by atoms with E-state index in [9.17, 15) is 4.79 Å². The van der Waals surface area contributed by atoms with Gasteiger partial charge in [0, 0.05) is 28.1 Å². The van der Waals surface area contributed by atoms with E-state index in [2.05, 4.69) is 28.8 Å². The minimum atomic E-state index is -0.369. The van der Waals surface area contributed by atoms with Gasteiger partial charge in [-0.3, -0.25) is 9.36 Å². The molecule has 0 aliphatic heterocycles. The molecule has 0 saturated heterocycles. The lowest BCUT2D eigenvalue weighted by Crippen LogP contribution is -2.24. The number of ether oxygens (including phenoxy) is 1. The van der Waals surface area contributed by atoms with Crippen molar-refractivity contribution in [2.45, 2.75) is 47.1 Å². The van der Waals surface area contributed by atoms with Crippen LogP contribution in [0.2, 0.25) is 5.02 Å². The average Bonchev–Trinajstić information content (AvgIpc) is 3.21. The zero-order valence-electron chi connectivity index (χ0n) is 19.2. The smallest absolute Gasteiger partial charge is 0.280 e. The third-order valence-electron chi connectivity index (χ3n) is 5.26. The fraction of sp³-hybridized carbons (Fsp3) is 0.280. The van der Waals surface area contributed by atoms with Crippen LogP contribution in [0.25, 0.3) is 16.9 Å². The Kier molecular flexibility index (Phi) is 6.63. The summed E-state index contributed by atoms with van der Waals surface area (Å²) in [4.78, 5) is 28.0. The highest BCUT2D eigenvalue weighted by Gasteiger charge is 2.18. The Morgan fingerprint density at radius 1 is 1.12 bits per heavy atom. The highest BCUT2D eigenvalue weighted by Crippen LogP contribution is 2.27. The van der Waals surface area contributed by atoms with Gasteiger partial charge in [0.1, 0.15) is 18.3 Å². The third kappa shape index (κ3) is 4.84. The van der Waals surface area contributed by atoms with Crippen LogP contribution in [-0.4, -0.2) is 19.5 Å². The minimum Gasteiger partial charge on any atom is -0.472 e. The lowest BCUT2D eigenvalue weighted by Gasteiger charge is -2.16. The highest BCUT2D eigenvalue weighted by molar-refractivity contribution is 7.10. The molecule has 0 amide bonds. The fourth-order valence-electron chi connectivity index (χ4n) is 3.51. The molecule has 0 atom stereocenters. The first kappa shape index (κ1) is 23.1. The van der Waals surface area contributed by atoms with Gasteiger partial charge < -0.3 is 4.74 Å². The maximum absolute atomic E-state index is 13.3. The Hall–Kier alpha value is -3.03. The van der Waals surface area contributed by atoms with Gasteiger partial charge in [0.25, 0.3) is 5.56 Å². The number of rotatable bonds is 6. The molecule has 0 fully saturated rings. The Labute approximate surface area is 201 Å². The number of aryl methyl sites for hydroxylation is 3. The Balaban J connectivity index is 1.73. The molecule has 0 bridgehead atoms. The van der Waals surface area contributed by atoms with Crippen LogP contribution in [0.3, 0.4) is 0 Å². The number of aromatic nitrogens is 4. The van der Waals surface area contributed by atoms with Crippen LogP contribution in [0.15, 0.2) is 46.7 Å². The summed E-state index contributed by atoms with van der Waals surface area (Å²) in [5, 5.41) is 1.98. The first-order valence-corrected chi connectivity index (χ1v) is 11.9. The molecule has 0 aliphatic carbocycles. The van der Waals surface area contributed by atoms with Crippen molar-refractivity contribution in [3.63, 3.8) is 0 Å². The monoisotopic (exact) mass is 480 g/mol. The first-order chi connectivity index (χ1) is 15.7. The van der Waals surface area contributed by atoms with Gasteiger partial charge in [0.15, 0.2) is 5.02 Å². The van der Waals surface area contributed by atoms with Gasteiger partial charge >= 0.3 is 0 Å². The molecule has 4 aromatic rings. The van der Waals surface area contributed by atoms with Crippen LogP contribution < -0.4 is 10.3 Å². The molecule has 0 radical (unpaired) electrons. The van der Waals surface area contributed by atoms with Crippen LogP contribution >= 0.6 is 22.9 Å². The molecule has 0 unspecified atom stereocenters. The van der Waals surface area contributed by atoms with E-state index in [4.69, 9.17) is 16.3 Å². The standard InChI is InChI=1S/C25H25ClN4O2S/c1-14(2)23-27-9-8-20(29-23)19-7-6-15(3)21(11-19)30-17(5)28-24(22(26)25(30)31)32-12-18-10-16(4)33-13-18/h6-11,13-14H,12H2,1-5H3. The summed E-state index contributed by atoms with van der Waals surface area (Å²) < 4.78 is 7.30. The third-order valence-corrected chi connectivity index (χ3v) is 6.50. The van der Waals surface area contributed by atoms with Crippen molar-refractivity contribution in [1.29, 1.82) is 0 Å². The molecule has 4 rings (SSSR count). The summed E-state index contributed by atoms with van der Waals surface area (Å²) in [7, 11) is 0. The predicted molar refractivity (Wildman–Crippen MR) is 133 cm³/mol. The molecule has 0 N–H and O–H groups in total. The first-order valence-electron chi connectivity index (χ1n) is 10.6. The molecule has 3 aromatic heterocycles. The summed E-state index contributed by atoms with van der Waals surface area (Å²) in [6.45, 7) is 10.2. The minimum absolute atomic E-state index is 0.0403. The topological polar surface area (TPSA) is 69.9 Å². The zero-order chi connectivity index (χ0) is 23.7. The Morgan fingerprint density at radius 2 is 1.91 bits per heavy atom. The molecule has 8 heteroatoms. The molecule has 1 aromatic carbocycles. The maximum Gasteiger partial charge on any atom is 0.280 e. The van der Waals surface area contributed by atoms with Crippen LogP contribution in [0.5, 0.6) is 5.88 Å². The number of halogens is 1. The van der Waals surface area contributed by atoms with Crippen LogP contribution in [0.4, 0.5) is 0 Å². The van der Waals surface area contributed by atoms with Crippen molar-refractivity contribution in [2.24, 2.45) is 0 Å². The summed E-state index contributed by atoms with van der Waals surface area (Å²) in [6.07, 6.45) is 1.76.